The average Bonchev–Trinajstić information content (AvgIpc) is 2.26. The maximum Gasteiger partial charge on any atom is 0.244 e. The van der Waals surface area contributed by atoms with Crippen molar-refractivity contribution in [2.24, 2.45) is 0 Å². The van der Waals surface area contributed by atoms with E-state index >= 15 is 0 Å². The smallest absolute Gasteiger partial charge is 0.244 e. The fourth-order valence-electron chi connectivity index (χ4n) is 1.72. The molecule has 1 unspecified atom stereocenters. The van der Waals surface area contributed by atoms with Gasteiger partial charge in [0.15, 0.2) is 0 Å². The van der Waals surface area contributed by atoms with Crippen molar-refractivity contribution in [3.63, 3.8) is 0 Å². The van der Waals surface area contributed by atoms with Crippen molar-refractivity contribution >= 4 is 11.7 Å². The molecule has 5 nitrogen and oxygen atoms in total. The summed E-state index contributed by atoms with van der Waals surface area (Å²) in [7, 11) is 1.83. The van der Waals surface area contributed by atoms with Gasteiger partial charge < -0.3 is 10.2 Å². The number of hydrogen-bond donors (Lipinski definition) is 1. The van der Waals surface area contributed by atoms with Crippen molar-refractivity contribution < 1.29 is 4.79 Å². The van der Waals surface area contributed by atoms with Crippen molar-refractivity contribution in [3.8, 4) is 0 Å². The molecule has 1 fully saturated rings. The first-order valence-corrected chi connectivity index (χ1v) is 5.05. The van der Waals surface area contributed by atoms with Crippen molar-refractivity contribution in [2.75, 3.05) is 18.9 Å². The molecule has 1 aromatic rings. The summed E-state index contributed by atoms with van der Waals surface area (Å²) in [4.78, 5) is 21.4. The van der Waals surface area contributed by atoms with Gasteiger partial charge in [-0.15, -0.1) is 0 Å². The van der Waals surface area contributed by atoms with Gasteiger partial charge in [-0.1, -0.05) is 0 Å². The molecule has 15 heavy (non-hydrogen) atoms. The van der Waals surface area contributed by atoms with Gasteiger partial charge in [-0.2, -0.15) is 0 Å². The summed E-state index contributed by atoms with van der Waals surface area (Å²) in [5, 5.41) is 3.12. The number of piperidine rings is 1. The maximum absolute atomic E-state index is 11.7. The zero-order valence-corrected chi connectivity index (χ0v) is 8.68. The zero-order valence-electron chi connectivity index (χ0n) is 8.68. The SMILES string of the molecule is CN1CCCC(Nc2ccncn2)C1=O. The Morgan fingerprint density at radius 1 is 1.60 bits per heavy atom. The Balaban J connectivity index is 2.03. The lowest BCUT2D eigenvalue weighted by atomic mass is 10.1. The summed E-state index contributed by atoms with van der Waals surface area (Å²) < 4.78 is 0. The summed E-state index contributed by atoms with van der Waals surface area (Å²) in [5.74, 6) is 0.846. The molecule has 1 atom stereocenters. The van der Waals surface area contributed by atoms with Gasteiger partial charge in [0.05, 0.1) is 0 Å². The van der Waals surface area contributed by atoms with E-state index in [1.54, 1.807) is 17.2 Å². The van der Waals surface area contributed by atoms with E-state index < -0.39 is 0 Å². The normalized spacial score (nSPS) is 21.5. The molecule has 0 bridgehead atoms. The van der Waals surface area contributed by atoms with Gasteiger partial charge in [0.1, 0.15) is 18.2 Å². The summed E-state index contributed by atoms with van der Waals surface area (Å²) in [6.07, 6.45) is 5.03. The third kappa shape index (κ3) is 2.23. The Hall–Kier alpha value is -1.65. The van der Waals surface area contributed by atoms with E-state index in [0.29, 0.717) is 5.82 Å². The quantitative estimate of drug-likeness (QED) is 0.766. The monoisotopic (exact) mass is 206 g/mol. The van der Waals surface area contributed by atoms with E-state index in [4.69, 9.17) is 0 Å². The van der Waals surface area contributed by atoms with Crippen molar-refractivity contribution in [2.45, 2.75) is 18.9 Å². The van der Waals surface area contributed by atoms with Crippen LogP contribution in [0.3, 0.4) is 0 Å². The number of anilines is 1. The Labute approximate surface area is 88.5 Å². The van der Waals surface area contributed by atoms with E-state index in [2.05, 4.69) is 15.3 Å². The highest BCUT2D eigenvalue weighted by molar-refractivity contribution is 5.84. The summed E-state index contributed by atoms with van der Waals surface area (Å²) in [6.45, 7) is 0.848. The third-order valence-electron chi connectivity index (χ3n) is 2.56. The van der Waals surface area contributed by atoms with Gasteiger partial charge in [-0.3, -0.25) is 4.79 Å². The van der Waals surface area contributed by atoms with Gasteiger partial charge in [-0.25, -0.2) is 9.97 Å². The zero-order chi connectivity index (χ0) is 10.7. The standard InChI is InChI=1S/C10H14N4O/c1-14-6-2-3-8(10(14)15)13-9-4-5-11-7-12-9/h4-5,7-8H,2-3,6H2,1H3,(H,11,12,13). The van der Waals surface area contributed by atoms with Crippen molar-refractivity contribution in [1.82, 2.24) is 14.9 Å². The molecule has 0 aromatic carbocycles. The molecule has 0 spiro atoms. The van der Waals surface area contributed by atoms with Gasteiger partial charge in [0, 0.05) is 19.8 Å². The highest BCUT2D eigenvalue weighted by atomic mass is 16.2. The van der Waals surface area contributed by atoms with E-state index in [9.17, 15) is 4.79 Å². The number of carbonyl (C=O) groups is 1. The van der Waals surface area contributed by atoms with Gasteiger partial charge >= 0.3 is 0 Å². The fraction of sp³-hybridized carbons (Fsp3) is 0.500. The van der Waals surface area contributed by atoms with E-state index in [-0.39, 0.29) is 11.9 Å². The second kappa shape index (κ2) is 4.25. The molecule has 1 aliphatic heterocycles. The van der Waals surface area contributed by atoms with Gasteiger partial charge in [0.2, 0.25) is 5.91 Å². The van der Waals surface area contributed by atoms with Crippen molar-refractivity contribution in [3.05, 3.63) is 18.6 Å². The van der Waals surface area contributed by atoms with Crippen LogP contribution < -0.4 is 5.32 Å². The molecule has 2 rings (SSSR count). The predicted molar refractivity (Wildman–Crippen MR) is 56.3 cm³/mol. The molecule has 5 heteroatoms. The Bertz CT molecular complexity index is 341. The maximum atomic E-state index is 11.7. The Morgan fingerprint density at radius 2 is 2.47 bits per heavy atom. The van der Waals surface area contributed by atoms with Gasteiger partial charge in [-0.05, 0) is 18.9 Å². The topological polar surface area (TPSA) is 58.1 Å². The number of nitrogens with zero attached hydrogens (tertiary/aromatic N) is 3. The predicted octanol–water partition coefficient (Wildman–Crippen LogP) is 0.509. The molecular formula is C10H14N4O. The van der Waals surface area contributed by atoms with Crippen LogP contribution in [-0.2, 0) is 4.79 Å². The lowest BCUT2D eigenvalue weighted by Gasteiger charge is -2.29. The fourth-order valence-corrected chi connectivity index (χ4v) is 1.72. The number of likely N-dealkylation sites (tertiary alicyclic amines) is 1. The highest BCUT2D eigenvalue weighted by Crippen LogP contribution is 2.13. The minimum atomic E-state index is -0.140. The van der Waals surface area contributed by atoms with E-state index in [1.807, 2.05) is 7.05 Å². The summed E-state index contributed by atoms with van der Waals surface area (Å²) in [6, 6.07) is 1.63. The molecule has 0 radical (unpaired) electrons. The summed E-state index contributed by atoms with van der Waals surface area (Å²) in [5.41, 5.74) is 0. The van der Waals surface area contributed by atoms with Gasteiger partial charge in [0.25, 0.3) is 0 Å². The van der Waals surface area contributed by atoms with Crippen LogP contribution in [0.4, 0.5) is 5.82 Å². The molecule has 0 aliphatic carbocycles. The number of hydrogen-bond acceptors (Lipinski definition) is 4. The van der Waals surface area contributed by atoms with Crippen LogP contribution in [0.5, 0.6) is 0 Å². The molecule has 1 aromatic heterocycles. The summed E-state index contributed by atoms with van der Waals surface area (Å²) >= 11 is 0. The minimum absolute atomic E-state index is 0.139. The van der Waals surface area contributed by atoms with Crippen LogP contribution >= 0.6 is 0 Å². The molecule has 1 amide bonds. The number of amides is 1. The molecule has 1 saturated heterocycles. The van der Waals surface area contributed by atoms with Crippen LogP contribution in [0.15, 0.2) is 18.6 Å². The van der Waals surface area contributed by atoms with Crippen LogP contribution in [-0.4, -0.2) is 40.4 Å². The number of nitrogens with one attached hydrogen (secondary N) is 1. The molecule has 1 aliphatic rings. The lowest BCUT2D eigenvalue weighted by Crippen LogP contribution is -2.45. The van der Waals surface area contributed by atoms with E-state index in [1.165, 1.54) is 6.33 Å². The Morgan fingerprint density at radius 3 is 3.20 bits per heavy atom. The largest absolute Gasteiger partial charge is 0.358 e. The van der Waals surface area contributed by atoms with Crippen LogP contribution in [0.1, 0.15) is 12.8 Å². The minimum Gasteiger partial charge on any atom is -0.358 e. The lowest BCUT2D eigenvalue weighted by molar-refractivity contribution is -0.132. The number of rotatable bonds is 2. The number of aromatic nitrogens is 2. The second-order valence-electron chi connectivity index (χ2n) is 3.69. The second-order valence-corrected chi connectivity index (χ2v) is 3.69. The molecule has 1 N–H and O–H groups in total. The van der Waals surface area contributed by atoms with Crippen LogP contribution in [0.2, 0.25) is 0 Å². The Kier molecular flexibility index (Phi) is 2.80. The number of likely N-dealkylation sites (N-methyl/N-ethyl adjacent to an activating group) is 1. The molecule has 80 valence electrons. The van der Waals surface area contributed by atoms with Crippen LogP contribution in [0.25, 0.3) is 0 Å². The highest BCUT2D eigenvalue weighted by Gasteiger charge is 2.26. The van der Waals surface area contributed by atoms with Crippen LogP contribution in [0, 0.1) is 0 Å². The first-order chi connectivity index (χ1) is 7.27. The molecule has 2 heterocycles. The molecular weight excluding hydrogens is 192 g/mol. The average molecular weight is 206 g/mol. The number of carbonyl (C=O) groups excluding carboxylic acids is 1. The van der Waals surface area contributed by atoms with Crippen molar-refractivity contribution in [1.29, 1.82) is 0 Å². The first-order valence-electron chi connectivity index (χ1n) is 5.05. The molecule has 0 saturated carbocycles. The third-order valence-corrected chi connectivity index (χ3v) is 2.56. The van der Waals surface area contributed by atoms with E-state index in [0.717, 1.165) is 19.4 Å². The first kappa shape index (κ1) is 9.89.